The summed E-state index contributed by atoms with van der Waals surface area (Å²) >= 11 is 0. The van der Waals surface area contributed by atoms with Gasteiger partial charge >= 0.3 is 0 Å². The fourth-order valence-corrected chi connectivity index (χ4v) is 1.73. The van der Waals surface area contributed by atoms with E-state index in [1.54, 1.807) is 17.2 Å². The van der Waals surface area contributed by atoms with Crippen molar-refractivity contribution in [2.45, 2.75) is 0 Å². The molecule has 0 spiro atoms. The van der Waals surface area contributed by atoms with Crippen molar-refractivity contribution in [3.8, 4) is 0 Å². The smallest absolute Gasteiger partial charge is 0.141 e. The second-order valence-electron chi connectivity index (χ2n) is 3.77. The minimum atomic E-state index is 0.795. The highest BCUT2D eigenvalue weighted by atomic mass is 15.3. The Balaban J connectivity index is 2.05. The molecule has 0 bridgehead atoms. The number of benzene rings is 1. The van der Waals surface area contributed by atoms with Crippen molar-refractivity contribution in [3.63, 3.8) is 0 Å². The summed E-state index contributed by atoms with van der Waals surface area (Å²) in [6, 6.07) is 7.89. The monoisotopic (exact) mass is 225 g/mol. The molecule has 0 atom stereocenters. The molecular formula is C12H11N5. The number of anilines is 2. The lowest BCUT2D eigenvalue weighted by Gasteiger charge is -2.05. The first-order valence-electron chi connectivity index (χ1n) is 5.28. The second-order valence-corrected chi connectivity index (χ2v) is 3.77. The molecule has 2 heterocycles. The van der Waals surface area contributed by atoms with E-state index in [2.05, 4.69) is 20.4 Å². The molecule has 0 aliphatic rings. The van der Waals surface area contributed by atoms with Gasteiger partial charge in [-0.3, -0.25) is 4.68 Å². The lowest BCUT2D eigenvalue weighted by Crippen LogP contribution is -1.94. The first kappa shape index (κ1) is 9.77. The van der Waals surface area contributed by atoms with Crippen LogP contribution in [0.1, 0.15) is 0 Å². The standard InChI is InChI=1S/C12H11N5/c1-17-7-9(6-15-17)16-12-10-4-2-3-5-11(10)13-8-14-12/h2-8H,1H3,(H,13,14,16). The molecule has 1 N–H and O–H groups in total. The SMILES string of the molecule is Cn1cc(Nc2ncnc3ccccc23)cn1. The quantitative estimate of drug-likeness (QED) is 0.725. The van der Waals surface area contributed by atoms with Crippen LogP contribution in [0.2, 0.25) is 0 Å². The van der Waals surface area contributed by atoms with Crippen LogP contribution in [0.4, 0.5) is 11.5 Å². The van der Waals surface area contributed by atoms with Crippen molar-refractivity contribution in [2.24, 2.45) is 7.05 Å². The van der Waals surface area contributed by atoms with Crippen molar-refractivity contribution >= 4 is 22.4 Å². The van der Waals surface area contributed by atoms with E-state index in [9.17, 15) is 0 Å². The predicted molar refractivity (Wildman–Crippen MR) is 66.0 cm³/mol. The van der Waals surface area contributed by atoms with Crippen LogP contribution >= 0.6 is 0 Å². The van der Waals surface area contributed by atoms with Gasteiger partial charge < -0.3 is 5.32 Å². The van der Waals surface area contributed by atoms with Crippen molar-refractivity contribution in [1.82, 2.24) is 19.7 Å². The average molecular weight is 225 g/mol. The Morgan fingerprint density at radius 2 is 2.06 bits per heavy atom. The maximum atomic E-state index is 4.25. The number of para-hydroxylation sites is 1. The number of hydrogen-bond acceptors (Lipinski definition) is 4. The third kappa shape index (κ3) is 1.82. The molecule has 0 aliphatic heterocycles. The molecule has 0 fully saturated rings. The molecule has 3 aromatic rings. The Hall–Kier alpha value is -2.43. The average Bonchev–Trinajstić information content (AvgIpc) is 2.75. The molecule has 0 amide bonds. The van der Waals surface area contributed by atoms with Gasteiger partial charge in [-0.1, -0.05) is 12.1 Å². The number of aryl methyl sites for hydroxylation is 1. The van der Waals surface area contributed by atoms with Crippen molar-refractivity contribution < 1.29 is 0 Å². The molecule has 2 aromatic heterocycles. The van der Waals surface area contributed by atoms with Gasteiger partial charge in [0.2, 0.25) is 0 Å². The molecule has 84 valence electrons. The molecular weight excluding hydrogens is 214 g/mol. The summed E-state index contributed by atoms with van der Waals surface area (Å²) in [6.45, 7) is 0. The normalized spacial score (nSPS) is 10.6. The maximum absolute atomic E-state index is 4.25. The zero-order valence-corrected chi connectivity index (χ0v) is 9.33. The number of fused-ring (bicyclic) bond motifs is 1. The van der Waals surface area contributed by atoms with Gasteiger partial charge in [0.25, 0.3) is 0 Å². The predicted octanol–water partition coefficient (Wildman–Crippen LogP) is 2.11. The van der Waals surface area contributed by atoms with E-state index in [0.717, 1.165) is 22.4 Å². The van der Waals surface area contributed by atoms with Crippen LogP contribution in [0, 0.1) is 0 Å². The number of nitrogens with one attached hydrogen (secondary N) is 1. The van der Waals surface area contributed by atoms with Gasteiger partial charge in [0.1, 0.15) is 12.1 Å². The third-order valence-electron chi connectivity index (χ3n) is 2.51. The molecule has 0 saturated carbocycles. The van der Waals surface area contributed by atoms with Crippen molar-refractivity contribution in [1.29, 1.82) is 0 Å². The van der Waals surface area contributed by atoms with Gasteiger partial charge in [0.05, 0.1) is 17.4 Å². The molecule has 0 saturated heterocycles. The molecule has 0 aliphatic carbocycles. The Bertz CT molecular complexity index is 653. The van der Waals surface area contributed by atoms with Gasteiger partial charge in [-0.25, -0.2) is 9.97 Å². The first-order valence-corrected chi connectivity index (χ1v) is 5.28. The Morgan fingerprint density at radius 1 is 1.18 bits per heavy atom. The fraction of sp³-hybridized carbons (Fsp3) is 0.0833. The molecule has 17 heavy (non-hydrogen) atoms. The summed E-state index contributed by atoms with van der Waals surface area (Å²) in [4.78, 5) is 8.47. The Kier molecular flexibility index (Phi) is 2.22. The minimum Gasteiger partial charge on any atom is -0.337 e. The van der Waals surface area contributed by atoms with E-state index in [4.69, 9.17) is 0 Å². The lowest BCUT2D eigenvalue weighted by atomic mass is 10.2. The number of hydrogen-bond donors (Lipinski definition) is 1. The van der Waals surface area contributed by atoms with E-state index in [1.165, 1.54) is 0 Å². The molecule has 5 nitrogen and oxygen atoms in total. The van der Waals surface area contributed by atoms with Crippen LogP contribution in [0.25, 0.3) is 10.9 Å². The van der Waals surface area contributed by atoms with Crippen LogP contribution in [-0.4, -0.2) is 19.7 Å². The second kappa shape index (κ2) is 3.86. The number of rotatable bonds is 2. The van der Waals surface area contributed by atoms with Crippen LogP contribution < -0.4 is 5.32 Å². The van der Waals surface area contributed by atoms with Gasteiger partial charge in [-0.05, 0) is 12.1 Å². The van der Waals surface area contributed by atoms with Crippen LogP contribution in [0.5, 0.6) is 0 Å². The van der Waals surface area contributed by atoms with E-state index in [1.807, 2.05) is 37.5 Å². The van der Waals surface area contributed by atoms with Gasteiger partial charge in [-0.2, -0.15) is 5.10 Å². The number of aromatic nitrogens is 4. The third-order valence-corrected chi connectivity index (χ3v) is 2.51. The molecule has 5 heteroatoms. The first-order chi connectivity index (χ1) is 8.33. The van der Waals surface area contributed by atoms with Crippen LogP contribution in [0.15, 0.2) is 43.0 Å². The Morgan fingerprint density at radius 3 is 2.88 bits per heavy atom. The van der Waals surface area contributed by atoms with Crippen molar-refractivity contribution in [3.05, 3.63) is 43.0 Å². The highest BCUT2D eigenvalue weighted by molar-refractivity contribution is 5.90. The van der Waals surface area contributed by atoms with E-state index >= 15 is 0 Å². The van der Waals surface area contributed by atoms with E-state index in [-0.39, 0.29) is 0 Å². The van der Waals surface area contributed by atoms with Crippen LogP contribution in [-0.2, 0) is 7.05 Å². The molecule has 0 unspecified atom stereocenters. The minimum absolute atomic E-state index is 0.795. The topological polar surface area (TPSA) is 55.6 Å². The molecule has 0 radical (unpaired) electrons. The van der Waals surface area contributed by atoms with Gasteiger partial charge in [-0.15, -0.1) is 0 Å². The maximum Gasteiger partial charge on any atom is 0.141 e. The van der Waals surface area contributed by atoms with E-state index < -0.39 is 0 Å². The summed E-state index contributed by atoms with van der Waals surface area (Å²) in [7, 11) is 1.88. The molecule has 3 rings (SSSR count). The molecule has 1 aromatic carbocycles. The van der Waals surface area contributed by atoms with E-state index in [0.29, 0.717) is 0 Å². The Labute approximate surface area is 98.1 Å². The summed E-state index contributed by atoms with van der Waals surface area (Å²) in [6.07, 6.45) is 5.22. The summed E-state index contributed by atoms with van der Waals surface area (Å²) < 4.78 is 1.74. The largest absolute Gasteiger partial charge is 0.337 e. The fourth-order valence-electron chi connectivity index (χ4n) is 1.73. The number of nitrogens with zero attached hydrogens (tertiary/aromatic N) is 4. The summed E-state index contributed by atoms with van der Waals surface area (Å²) in [5.41, 5.74) is 1.84. The van der Waals surface area contributed by atoms with Gasteiger partial charge in [0, 0.05) is 18.6 Å². The highest BCUT2D eigenvalue weighted by Gasteiger charge is 2.03. The van der Waals surface area contributed by atoms with Crippen molar-refractivity contribution in [2.75, 3.05) is 5.32 Å². The zero-order valence-electron chi connectivity index (χ0n) is 9.33. The zero-order chi connectivity index (χ0) is 11.7. The highest BCUT2D eigenvalue weighted by Crippen LogP contribution is 2.21. The van der Waals surface area contributed by atoms with Gasteiger partial charge in [0.15, 0.2) is 0 Å². The summed E-state index contributed by atoms with van der Waals surface area (Å²) in [5.74, 6) is 0.795. The van der Waals surface area contributed by atoms with Crippen LogP contribution in [0.3, 0.4) is 0 Å². The lowest BCUT2D eigenvalue weighted by molar-refractivity contribution is 0.768. The summed E-state index contributed by atoms with van der Waals surface area (Å²) in [5, 5.41) is 8.34.